The number of hydrogen-bond donors (Lipinski definition) is 3. The molecule has 1 unspecified atom stereocenters. The van der Waals surface area contributed by atoms with Crippen LogP contribution in [-0.2, 0) is 14.8 Å². The van der Waals surface area contributed by atoms with Crippen molar-refractivity contribution < 1.29 is 18.3 Å². The van der Waals surface area contributed by atoms with E-state index < -0.39 is 22.0 Å². The van der Waals surface area contributed by atoms with Crippen LogP contribution in [0.3, 0.4) is 0 Å². The Kier molecular flexibility index (Phi) is 3.99. The van der Waals surface area contributed by atoms with Crippen molar-refractivity contribution in [1.29, 1.82) is 0 Å². The highest BCUT2D eigenvalue weighted by molar-refractivity contribution is 7.89. The zero-order valence-corrected chi connectivity index (χ0v) is 9.15. The number of nitrogens with two attached hydrogens (primary N) is 1. The van der Waals surface area contributed by atoms with Crippen LogP contribution in [0.25, 0.3) is 0 Å². The van der Waals surface area contributed by atoms with E-state index in [4.69, 9.17) is 10.8 Å². The second-order valence-corrected chi connectivity index (χ2v) is 4.88. The average molecular weight is 244 g/mol. The number of carbonyl (C=O) groups is 1. The third-order valence-electron chi connectivity index (χ3n) is 1.86. The first-order valence-corrected chi connectivity index (χ1v) is 5.95. The topological polar surface area (TPSA) is 109 Å². The van der Waals surface area contributed by atoms with Gasteiger partial charge < -0.3 is 10.8 Å². The largest absolute Gasteiger partial charge is 0.480 e. The van der Waals surface area contributed by atoms with Crippen LogP contribution >= 0.6 is 0 Å². The highest BCUT2D eigenvalue weighted by Gasteiger charge is 2.17. The van der Waals surface area contributed by atoms with Crippen molar-refractivity contribution in [3.8, 4) is 0 Å². The maximum absolute atomic E-state index is 11.6. The lowest BCUT2D eigenvalue weighted by molar-refractivity contribution is -0.138. The summed E-state index contributed by atoms with van der Waals surface area (Å²) in [5.41, 5.74) is 5.18. The van der Waals surface area contributed by atoms with Crippen molar-refractivity contribution in [1.82, 2.24) is 4.72 Å². The van der Waals surface area contributed by atoms with E-state index in [9.17, 15) is 13.2 Å². The van der Waals surface area contributed by atoms with Gasteiger partial charge in [-0.2, -0.15) is 0 Å². The fraction of sp³-hybridized carbons (Fsp3) is 0.222. The summed E-state index contributed by atoms with van der Waals surface area (Å²) in [5.74, 6) is -1.25. The molecule has 0 amide bonds. The molecule has 88 valence electrons. The second kappa shape index (κ2) is 5.06. The molecule has 1 aromatic carbocycles. The van der Waals surface area contributed by atoms with Gasteiger partial charge >= 0.3 is 5.97 Å². The van der Waals surface area contributed by atoms with Gasteiger partial charge in [0.25, 0.3) is 0 Å². The fourth-order valence-electron chi connectivity index (χ4n) is 0.970. The normalized spacial score (nSPS) is 13.3. The number of rotatable bonds is 5. The predicted octanol–water partition coefficient (Wildman–Crippen LogP) is -0.623. The minimum absolute atomic E-state index is 0.0765. The number of aliphatic carboxylic acids is 1. The summed E-state index contributed by atoms with van der Waals surface area (Å²) in [4.78, 5) is 10.5. The molecular formula is C9H12N2O4S. The first kappa shape index (κ1) is 12.6. The number of hydrogen-bond acceptors (Lipinski definition) is 4. The Morgan fingerprint density at radius 1 is 1.38 bits per heavy atom. The number of carboxylic acids is 1. The molecule has 7 heteroatoms. The van der Waals surface area contributed by atoms with E-state index in [0.717, 1.165) is 0 Å². The molecule has 4 N–H and O–H groups in total. The predicted molar refractivity (Wildman–Crippen MR) is 57.2 cm³/mol. The molecule has 0 spiro atoms. The molecule has 0 aliphatic heterocycles. The van der Waals surface area contributed by atoms with Crippen molar-refractivity contribution in [2.24, 2.45) is 5.73 Å². The number of sulfonamides is 1. The SMILES string of the molecule is NC(CNS(=O)(=O)c1ccccc1)C(=O)O. The minimum Gasteiger partial charge on any atom is -0.480 e. The second-order valence-electron chi connectivity index (χ2n) is 3.11. The van der Waals surface area contributed by atoms with E-state index in [1.807, 2.05) is 0 Å². The molecule has 1 rings (SSSR count). The van der Waals surface area contributed by atoms with Gasteiger partial charge in [0.05, 0.1) is 4.90 Å². The summed E-state index contributed by atoms with van der Waals surface area (Å²) in [6.45, 7) is -0.341. The highest BCUT2D eigenvalue weighted by Crippen LogP contribution is 2.06. The lowest BCUT2D eigenvalue weighted by Gasteiger charge is -2.09. The van der Waals surface area contributed by atoms with Crippen LogP contribution < -0.4 is 10.5 Å². The summed E-state index contributed by atoms with van der Waals surface area (Å²) in [7, 11) is -3.68. The minimum atomic E-state index is -3.68. The van der Waals surface area contributed by atoms with E-state index in [-0.39, 0.29) is 11.4 Å². The molecule has 0 heterocycles. The van der Waals surface area contributed by atoms with Crippen molar-refractivity contribution in [2.45, 2.75) is 10.9 Å². The summed E-state index contributed by atoms with van der Waals surface area (Å²) in [6, 6.07) is 6.40. The van der Waals surface area contributed by atoms with Crippen LogP contribution in [-0.4, -0.2) is 32.1 Å². The quantitative estimate of drug-likeness (QED) is 0.639. The monoisotopic (exact) mass is 244 g/mol. The fourth-order valence-corrected chi connectivity index (χ4v) is 2.05. The van der Waals surface area contributed by atoms with Crippen LogP contribution in [0.15, 0.2) is 35.2 Å². The van der Waals surface area contributed by atoms with Crippen LogP contribution in [0, 0.1) is 0 Å². The standard InChI is InChI=1S/C9H12N2O4S/c10-8(9(12)13)6-11-16(14,15)7-4-2-1-3-5-7/h1-5,8,11H,6,10H2,(H,12,13). The van der Waals surface area contributed by atoms with Gasteiger partial charge in [-0.25, -0.2) is 13.1 Å². The molecule has 0 saturated carbocycles. The van der Waals surface area contributed by atoms with Gasteiger partial charge in [0.15, 0.2) is 0 Å². The Balaban J connectivity index is 2.71. The highest BCUT2D eigenvalue weighted by atomic mass is 32.2. The third kappa shape index (κ3) is 3.30. The molecule has 6 nitrogen and oxygen atoms in total. The Morgan fingerprint density at radius 2 is 1.94 bits per heavy atom. The van der Waals surface area contributed by atoms with E-state index in [2.05, 4.69) is 4.72 Å². The lowest BCUT2D eigenvalue weighted by Crippen LogP contribution is -2.42. The molecule has 0 radical (unpaired) electrons. The van der Waals surface area contributed by atoms with Gasteiger partial charge in [0, 0.05) is 6.54 Å². The van der Waals surface area contributed by atoms with Gasteiger partial charge in [0.1, 0.15) is 6.04 Å². The number of benzene rings is 1. The average Bonchev–Trinajstić information content (AvgIpc) is 2.27. The zero-order chi connectivity index (χ0) is 12.2. The molecular weight excluding hydrogens is 232 g/mol. The Bertz CT molecular complexity index is 458. The summed E-state index contributed by atoms with van der Waals surface area (Å²) in [6.07, 6.45) is 0. The number of carboxylic acid groups (broad SMARTS) is 1. The Hall–Kier alpha value is -1.44. The van der Waals surface area contributed by atoms with Crippen LogP contribution in [0.1, 0.15) is 0 Å². The molecule has 0 aromatic heterocycles. The third-order valence-corrected chi connectivity index (χ3v) is 3.30. The lowest BCUT2D eigenvalue weighted by atomic mass is 10.3. The van der Waals surface area contributed by atoms with Gasteiger partial charge in [-0.1, -0.05) is 18.2 Å². The van der Waals surface area contributed by atoms with Crippen molar-refractivity contribution in [3.63, 3.8) is 0 Å². The summed E-state index contributed by atoms with van der Waals surface area (Å²) in [5, 5.41) is 8.49. The Morgan fingerprint density at radius 3 is 2.44 bits per heavy atom. The first-order valence-electron chi connectivity index (χ1n) is 4.46. The Labute approximate surface area is 93.1 Å². The van der Waals surface area contributed by atoms with Crippen molar-refractivity contribution in [3.05, 3.63) is 30.3 Å². The molecule has 0 aliphatic rings. The molecule has 0 fully saturated rings. The maximum atomic E-state index is 11.6. The van der Waals surface area contributed by atoms with E-state index >= 15 is 0 Å². The maximum Gasteiger partial charge on any atom is 0.321 e. The summed E-state index contributed by atoms with van der Waals surface area (Å²) >= 11 is 0. The molecule has 0 aliphatic carbocycles. The molecule has 0 saturated heterocycles. The van der Waals surface area contributed by atoms with E-state index in [1.54, 1.807) is 18.2 Å². The first-order chi connectivity index (χ1) is 7.43. The van der Waals surface area contributed by atoms with Crippen LogP contribution in [0.4, 0.5) is 0 Å². The van der Waals surface area contributed by atoms with Gasteiger partial charge in [-0.05, 0) is 12.1 Å². The molecule has 16 heavy (non-hydrogen) atoms. The van der Waals surface area contributed by atoms with Crippen LogP contribution in [0.5, 0.6) is 0 Å². The van der Waals surface area contributed by atoms with E-state index in [0.29, 0.717) is 0 Å². The smallest absolute Gasteiger partial charge is 0.321 e. The van der Waals surface area contributed by atoms with Crippen molar-refractivity contribution in [2.75, 3.05) is 6.54 Å². The van der Waals surface area contributed by atoms with Crippen LogP contribution in [0.2, 0.25) is 0 Å². The molecule has 1 atom stereocenters. The van der Waals surface area contributed by atoms with Gasteiger partial charge in [0.2, 0.25) is 10.0 Å². The van der Waals surface area contributed by atoms with Gasteiger partial charge in [-0.3, -0.25) is 4.79 Å². The zero-order valence-electron chi connectivity index (χ0n) is 8.33. The van der Waals surface area contributed by atoms with Gasteiger partial charge in [-0.15, -0.1) is 0 Å². The number of nitrogens with one attached hydrogen (secondary N) is 1. The van der Waals surface area contributed by atoms with Crippen molar-refractivity contribution >= 4 is 16.0 Å². The molecule has 0 bridgehead atoms. The van der Waals surface area contributed by atoms with E-state index in [1.165, 1.54) is 12.1 Å². The molecule has 1 aromatic rings. The summed E-state index contributed by atoms with van der Waals surface area (Å²) < 4.78 is 25.3.